The van der Waals surface area contributed by atoms with Crippen molar-refractivity contribution in [1.82, 2.24) is 0 Å². The van der Waals surface area contributed by atoms with E-state index in [9.17, 15) is 0 Å². The summed E-state index contributed by atoms with van der Waals surface area (Å²) in [6, 6.07) is 0. The van der Waals surface area contributed by atoms with E-state index < -0.39 is 0 Å². The molecule has 0 aromatic heterocycles. The highest BCUT2D eigenvalue weighted by atomic mass is 32.2. The van der Waals surface area contributed by atoms with Crippen LogP contribution in [0.4, 0.5) is 0 Å². The maximum atomic E-state index is 5.10. The lowest BCUT2D eigenvalue weighted by Gasteiger charge is -2.03. The van der Waals surface area contributed by atoms with Crippen molar-refractivity contribution in [3.8, 4) is 0 Å². The number of rotatable bonds is 2. The second-order valence-corrected chi connectivity index (χ2v) is 3.10. The molecule has 0 aromatic rings. The average Bonchev–Trinajstić information content (AvgIpc) is 2.34. The smallest absolute Gasteiger partial charge is 0.137 e. The molecule has 2 nitrogen and oxygen atoms in total. The van der Waals surface area contributed by atoms with Gasteiger partial charge in [0.2, 0.25) is 0 Å². The molecule has 1 saturated heterocycles. The van der Waals surface area contributed by atoms with E-state index in [1.807, 2.05) is 18.7 Å². The molecule has 1 fully saturated rings. The van der Waals surface area contributed by atoms with Crippen molar-refractivity contribution >= 4 is 18.0 Å². The van der Waals surface area contributed by atoms with Crippen LogP contribution >= 0.6 is 11.8 Å². The van der Waals surface area contributed by atoms with Gasteiger partial charge in [0.25, 0.3) is 0 Å². The third kappa shape index (κ3) is 2.26. The van der Waals surface area contributed by atoms with Gasteiger partial charge >= 0.3 is 0 Å². The zero-order chi connectivity index (χ0) is 6.53. The van der Waals surface area contributed by atoms with Crippen molar-refractivity contribution in [1.29, 1.82) is 0 Å². The maximum absolute atomic E-state index is 5.10. The third-order valence-corrected chi connectivity index (χ3v) is 2.34. The van der Waals surface area contributed by atoms with Gasteiger partial charge in [0.15, 0.2) is 0 Å². The molecule has 1 aliphatic rings. The van der Waals surface area contributed by atoms with Gasteiger partial charge in [0.05, 0.1) is 0 Å². The third-order valence-electron chi connectivity index (χ3n) is 1.20. The first-order valence-corrected chi connectivity index (χ1v) is 4.30. The Morgan fingerprint density at radius 2 is 2.67 bits per heavy atom. The second-order valence-electron chi connectivity index (χ2n) is 1.95. The highest BCUT2D eigenvalue weighted by Crippen LogP contribution is 2.19. The van der Waals surface area contributed by atoms with Crippen LogP contribution in [0.1, 0.15) is 13.3 Å². The Labute approximate surface area is 59.6 Å². The Hall–Kier alpha value is -0.180. The first-order valence-electron chi connectivity index (χ1n) is 3.15. The second kappa shape index (κ2) is 3.77. The van der Waals surface area contributed by atoms with Gasteiger partial charge in [-0.15, -0.1) is 0 Å². The summed E-state index contributed by atoms with van der Waals surface area (Å²) in [5, 5.41) is 3.72. The minimum atomic E-state index is 0.381. The fourth-order valence-electron chi connectivity index (χ4n) is 0.743. The van der Waals surface area contributed by atoms with Crippen LogP contribution in [0, 0.1) is 0 Å². The molecule has 0 amide bonds. The molecular weight excluding hydrogens is 134 g/mol. The largest absolute Gasteiger partial charge is 0.392 e. The van der Waals surface area contributed by atoms with Crippen molar-refractivity contribution in [3.05, 3.63) is 0 Å². The molecule has 1 unspecified atom stereocenters. The Kier molecular flexibility index (Phi) is 2.91. The summed E-state index contributed by atoms with van der Waals surface area (Å²) in [5.41, 5.74) is 0. The van der Waals surface area contributed by atoms with Crippen LogP contribution in [0.5, 0.6) is 0 Å². The van der Waals surface area contributed by atoms with E-state index in [1.54, 1.807) is 6.21 Å². The normalized spacial score (nSPS) is 27.4. The zero-order valence-corrected chi connectivity index (χ0v) is 6.36. The Morgan fingerprint density at radius 3 is 3.22 bits per heavy atom. The summed E-state index contributed by atoms with van der Waals surface area (Å²) in [4.78, 5) is 5.10. The van der Waals surface area contributed by atoms with Crippen molar-refractivity contribution < 1.29 is 4.84 Å². The molecule has 0 saturated carbocycles. The molecule has 0 radical (unpaired) electrons. The van der Waals surface area contributed by atoms with Crippen molar-refractivity contribution in [2.24, 2.45) is 5.16 Å². The van der Waals surface area contributed by atoms with Gasteiger partial charge in [-0.25, -0.2) is 0 Å². The molecule has 1 heterocycles. The highest BCUT2D eigenvalue weighted by molar-refractivity contribution is 7.99. The summed E-state index contributed by atoms with van der Waals surface area (Å²) in [5.74, 6) is 2.33. The standard InChI is InChI=1S/C6H11NOS/c1-2-7-8-6-3-4-9-5-6/h2,6H,3-5H2,1H3/b7-2+. The van der Waals surface area contributed by atoms with E-state index >= 15 is 0 Å². The van der Waals surface area contributed by atoms with Crippen LogP contribution in [-0.4, -0.2) is 23.8 Å². The van der Waals surface area contributed by atoms with Gasteiger partial charge in [-0.3, -0.25) is 0 Å². The summed E-state index contributed by atoms with van der Waals surface area (Å²) in [6.07, 6.45) is 3.22. The highest BCUT2D eigenvalue weighted by Gasteiger charge is 2.15. The fraction of sp³-hybridized carbons (Fsp3) is 0.833. The summed E-state index contributed by atoms with van der Waals surface area (Å²) in [7, 11) is 0. The average molecular weight is 145 g/mol. The topological polar surface area (TPSA) is 21.6 Å². The van der Waals surface area contributed by atoms with Gasteiger partial charge in [0, 0.05) is 12.0 Å². The fourth-order valence-corrected chi connectivity index (χ4v) is 1.83. The molecule has 0 N–H and O–H groups in total. The van der Waals surface area contributed by atoms with Crippen LogP contribution in [0.3, 0.4) is 0 Å². The van der Waals surface area contributed by atoms with Gasteiger partial charge in [-0.1, -0.05) is 5.16 Å². The Morgan fingerprint density at radius 1 is 1.78 bits per heavy atom. The molecule has 1 rings (SSSR count). The lowest BCUT2D eigenvalue weighted by atomic mass is 10.3. The van der Waals surface area contributed by atoms with Crippen LogP contribution in [0.15, 0.2) is 5.16 Å². The Balaban J connectivity index is 2.11. The minimum Gasteiger partial charge on any atom is -0.392 e. The van der Waals surface area contributed by atoms with E-state index in [2.05, 4.69) is 5.16 Å². The van der Waals surface area contributed by atoms with Crippen LogP contribution in [-0.2, 0) is 4.84 Å². The molecule has 0 aromatic carbocycles. The quantitative estimate of drug-likeness (QED) is 0.434. The molecule has 0 spiro atoms. The van der Waals surface area contributed by atoms with Gasteiger partial charge in [0.1, 0.15) is 6.10 Å². The molecular formula is C6H11NOS. The maximum Gasteiger partial charge on any atom is 0.137 e. The SMILES string of the molecule is C/C=N/OC1CCSC1. The monoisotopic (exact) mass is 145 g/mol. The number of hydrogen-bond acceptors (Lipinski definition) is 3. The predicted octanol–water partition coefficient (Wildman–Crippen LogP) is 1.51. The van der Waals surface area contributed by atoms with Gasteiger partial charge < -0.3 is 4.84 Å². The zero-order valence-electron chi connectivity index (χ0n) is 5.54. The molecule has 1 aliphatic heterocycles. The number of oxime groups is 1. The van der Waals surface area contributed by atoms with Gasteiger partial charge in [-0.05, 0) is 19.1 Å². The first kappa shape index (κ1) is 6.93. The first-order chi connectivity index (χ1) is 4.43. The lowest BCUT2D eigenvalue weighted by molar-refractivity contribution is 0.0791. The lowest BCUT2D eigenvalue weighted by Crippen LogP contribution is -2.06. The molecule has 0 bridgehead atoms. The van der Waals surface area contributed by atoms with E-state index in [0.29, 0.717) is 6.10 Å². The summed E-state index contributed by atoms with van der Waals surface area (Å²) in [6.45, 7) is 1.86. The van der Waals surface area contributed by atoms with E-state index in [4.69, 9.17) is 4.84 Å². The predicted molar refractivity (Wildman–Crippen MR) is 41.0 cm³/mol. The molecule has 3 heteroatoms. The number of thioether (sulfide) groups is 1. The van der Waals surface area contributed by atoms with Crippen molar-refractivity contribution in [2.45, 2.75) is 19.4 Å². The van der Waals surface area contributed by atoms with E-state index in [0.717, 1.165) is 12.2 Å². The van der Waals surface area contributed by atoms with E-state index in [-0.39, 0.29) is 0 Å². The summed E-state index contributed by atoms with van der Waals surface area (Å²) < 4.78 is 0. The molecule has 52 valence electrons. The molecule has 0 aliphatic carbocycles. The molecule has 1 atom stereocenters. The Bertz CT molecular complexity index is 99.2. The molecule has 9 heavy (non-hydrogen) atoms. The number of hydrogen-bond donors (Lipinski definition) is 0. The van der Waals surface area contributed by atoms with Gasteiger partial charge in [-0.2, -0.15) is 11.8 Å². The van der Waals surface area contributed by atoms with Crippen LogP contribution in [0.25, 0.3) is 0 Å². The van der Waals surface area contributed by atoms with Crippen LogP contribution in [0.2, 0.25) is 0 Å². The summed E-state index contributed by atoms with van der Waals surface area (Å²) >= 11 is 1.93. The van der Waals surface area contributed by atoms with E-state index in [1.165, 1.54) is 5.75 Å². The van der Waals surface area contributed by atoms with Crippen molar-refractivity contribution in [2.75, 3.05) is 11.5 Å². The minimum absolute atomic E-state index is 0.381. The van der Waals surface area contributed by atoms with Crippen LogP contribution < -0.4 is 0 Å². The van der Waals surface area contributed by atoms with Crippen molar-refractivity contribution in [3.63, 3.8) is 0 Å². The number of nitrogens with zero attached hydrogens (tertiary/aromatic N) is 1.